The number of amides is 1. The summed E-state index contributed by atoms with van der Waals surface area (Å²) in [5, 5.41) is 14.0. The monoisotopic (exact) mass is 527 g/mol. The molecule has 210 valence electrons. The lowest BCUT2D eigenvalue weighted by Crippen LogP contribution is -2.51. The standard InChI is InChI=1S/C30H46FN5O2/c1-3-9-25-18-33-22(2)21-38-29-24(12-7-14-26(29)31)13-8-15-32-30(37)28(20-36-16-4-5-17-36)35-27(19-34-25)23-10-6-11-23/h7,9,12,14,22,28,33-35H,3-6,8,10-11,13,15-21H2,1-2H3,(H,32,37)/t22-,28?/m0/s1. The number of aryl methyl sites for hydroxylation is 1. The molecule has 1 saturated heterocycles. The van der Waals surface area contributed by atoms with Crippen molar-refractivity contribution < 1.29 is 13.9 Å². The van der Waals surface area contributed by atoms with Crippen LogP contribution in [0.15, 0.2) is 41.2 Å². The summed E-state index contributed by atoms with van der Waals surface area (Å²) in [7, 11) is 0. The lowest BCUT2D eigenvalue weighted by molar-refractivity contribution is -0.123. The van der Waals surface area contributed by atoms with Crippen molar-refractivity contribution in [3.8, 4) is 5.75 Å². The average molecular weight is 528 g/mol. The van der Waals surface area contributed by atoms with Gasteiger partial charge in [-0.25, -0.2) is 4.39 Å². The van der Waals surface area contributed by atoms with E-state index in [-0.39, 0.29) is 23.8 Å². The first kappa shape index (κ1) is 28.4. The fourth-order valence-electron chi connectivity index (χ4n) is 5.29. The highest BCUT2D eigenvalue weighted by atomic mass is 19.1. The summed E-state index contributed by atoms with van der Waals surface area (Å²) in [5.74, 6) is 0.0140. The molecule has 1 saturated carbocycles. The van der Waals surface area contributed by atoms with Crippen LogP contribution in [0.5, 0.6) is 5.75 Å². The van der Waals surface area contributed by atoms with E-state index in [4.69, 9.17) is 4.74 Å². The second kappa shape index (κ2) is 14.5. The molecular formula is C30H46FN5O2. The van der Waals surface area contributed by atoms with Crippen LogP contribution in [0.1, 0.15) is 64.4 Å². The van der Waals surface area contributed by atoms with E-state index >= 15 is 0 Å². The van der Waals surface area contributed by atoms with Gasteiger partial charge in [-0.1, -0.05) is 25.1 Å². The fourth-order valence-corrected chi connectivity index (χ4v) is 5.29. The molecule has 38 heavy (non-hydrogen) atoms. The predicted octanol–water partition coefficient (Wildman–Crippen LogP) is 3.62. The van der Waals surface area contributed by atoms with Gasteiger partial charge in [0.05, 0.1) is 6.54 Å². The van der Waals surface area contributed by atoms with Gasteiger partial charge in [0.2, 0.25) is 5.91 Å². The highest BCUT2D eigenvalue weighted by Gasteiger charge is 2.26. The molecule has 2 heterocycles. The number of para-hydroxylation sites is 1. The number of nitrogens with zero attached hydrogens (tertiary/aromatic N) is 1. The maximum atomic E-state index is 14.6. The maximum absolute atomic E-state index is 14.6. The SMILES string of the molecule is CCC=C1CN[C@@H](C)COc2c(F)cccc2CCCNC(=O)C(CN2CCCC2)NC(=C2CCC2)CN1. The number of carbonyl (C=O) groups excluding carboxylic acids is 1. The Morgan fingerprint density at radius 2 is 1.89 bits per heavy atom. The van der Waals surface area contributed by atoms with Crippen LogP contribution in [-0.2, 0) is 11.2 Å². The number of carbonyl (C=O) groups is 1. The quantitative estimate of drug-likeness (QED) is 0.481. The van der Waals surface area contributed by atoms with E-state index in [9.17, 15) is 9.18 Å². The van der Waals surface area contributed by atoms with Gasteiger partial charge in [0.25, 0.3) is 0 Å². The van der Waals surface area contributed by atoms with Gasteiger partial charge in [-0.3, -0.25) is 4.79 Å². The first-order chi connectivity index (χ1) is 18.5. The highest BCUT2D eigenvalue weighted by molar-refractivity contribution is 5.82. The van der Waals surface area contributed by atoms with E-state index in [1.807, 2.05) is 6.07 Å². The van der Waals surface area contributed by atoms with Crippen molar-refractivity contribution in [1.82, 2.24) is 26.2 Å². The van der Waals surface area contributed by atoms with E-state index in [2.05, 4.69) is 46.1 Å². The molecule has 2 aliphatic heterocycles. The van der Waals surface area contributed by atoms with Gasteiger partial charge < -0.3 is 30.9 Å². The zero-order valence-electron chi connectivity index (χ0n) is 23.2. The van der Waals surface area contributed by atoms with Crippen molar-refractivity contribution in [2.75, 3.05) is 45.9 Å². The van der Waals surface area contributed by atoms with Gasteiger partial charge in [-0.05, 0) is 88.6 Å². The molecule has 0 spiro atoms. The summed E-state index contributed by atoms with van der Waals surface area (Å²) in [6, 6.07) is 4.83. The molecule has 2 atom stereocenters. The topological polar surface area (TPSA) is 77.7 Å². The van der Waals surface area contributed by atoms with Crippen LogP contribution in [0.2, 0.25) is 0 Å². The molecule has 3 aliphatic rings. The van der Waals surface area contributed by atoms with Gasteiger partial charge in [-0.2, -0.15) is 0 Å². The first-order valence-corrected chi connectivity index (χ1v) is 14.6. The average Bonchev–Trinajstić information content (AvgIpc) is 3.38. The highest BCUT2D eigenvalue weighted by Crippen LogP contribution is 2.28. The van der Waals surface area contributed by atoms with Crippen LogP contribution >= 0.6 is 0 Å². The zero-order valence-corrected chi connectivity index (χ0v) is 23.2. The summed E-state index contributed by atoms with van der Waals surface area (Å²) in [6.07, 6.45) is 10.3. The molecule has 4 rings (SSSR count). The van der Waals surface area contributed by atoms with E-state index in [1.54, 1.807) is 6.07 Å². The Hall–Kier alpha value is -2.58. The Labute approximate surface area is 227 Å². The molecule has 4 N–H and O–H groups in total. The molecular weight excluding hydrogens is 481 g/mol. The van der Waals surface area contributed by atoms with Crippen molar-refractivity contribution in [3.63, 3.8) is 0 Å². The van der Waals surface area contributed by atoms with Crippen molar-refractivity contribution >= 4 is 5.91 Å². The molecule has 1 amide bonds. The number of likely N-dealkylation sites (tertiary alicyclic amines) is 1. The normalized spacial score (nSPS) is 25.8. The molecule has 0 aromatic heterocycles. The van der Waals surface area contributed by atoms with Crippen molar-refractivity contribution in [3.05, 3.63) is 52.6 Å². The van der Waals surface area contributed by atoms with E-state index in [0.29, 0.717) is 45.0 Å². The second-order valence-electron chi connectivity index (χ2n) is 10.8. The number of nitrogens with one attached hydrogen (secondary N) is 4. The largest absolute Gasteiger partial charge is 0.489 e. The molecule has 0 bridgehead atoms. The van der Waals surface area contributed by atoms with E-state index in [0.717, 1.165) is 50.0 Å². The first-order valence-electron chi connectivity index (χ1n) is 14.6. The third kappa shape index (κ3) is 8.21. The van der Waals surface area contributed by atoms with E-state index in [1.165, 1.54) is 36.6 Å². The molecule has 1 unspecified atom stereocenters. The number of benzene rings is 1. The predicted molar refractivity (Wildman–Crippen MR) is 151 cm³/mol. The molecule has 2 fully saturated rings. The molecule has 1 aromatic rings. The van der Waals surface area contributed by atoms with E-state index < -0.39 is 0 Å². The van der Waals surface area contributed by atoms with Crippen LogP contribution in [0.4, 0.5) is 4.39 Å². The Balaban J connectivity index is 1.54. The molecule has 7 nitrogen and oxygen atoms in total. The summed E-state index contributed by atoms with van der Waals surface area (Å²) >= 11 is 0. The second-order valence-corrected chi connectivity index (χ2v) is 10.8. The third-order valence-corrected chi connectivity index (χ3v) is 7.72. The number of fused-ring (bicyclic) bond motifs is 1. The number of halogens is 1. The molecule has 1 aromatic carbocycles. The van der Waals surface area contributed by atoms with Gasteiger partial charge in [0.15, 0.2) is 11.6 Å². The molecule has 0 radical (unpaired) electrons. The summed E-state index contributed by atoms with van der Waals surface area (Å²) in [6.45, 7) is 9.25. The molecule has 8 heteroatoms. The number of allylic oxidation sites excluding steroid dienone is 2. The lowest BCUT2D eigenvalue weighted by atomic mass is 9.90. The van der Waals surface area contributed by atoms with Gasteiger partial charge in [-0.15, -0.1) is 0 Å². The van der Waals surface area contributed by atoms with Crippen molar-refractivity contribution in [1.29, 1.82) is 0 Å². The smallest absolute Gasteiger partial charge is 0.243 e. The summed E-state index contributed by atoms with van der Waals surface area (Å²) in [4.78, 5) is 15.8. The van der Waals surface area contributed by atoms with Gasteiger partial charge >= 0.3 is 0 Å². The van der Waals surface area contributed by atoms with Crippen LogP contribution in [-0.4, -0.2) is 68.8 Å². The number of hydrogen-bond acceptors (Lipinski definition) is 6. The summed E-state index contributed by atoms with van der Waals surface area (Å²) < 4.78 is 20.6. The maximum Gasteiger partial charge on any atom is 0.243 e. The summed E-state index contributed by atoms with van der Waals surface area (Å²) in [5.41, 5.74) is 4.55. The number of rotatable bonds is 3. The minimum Gasteiger partial charge on any atom is -0.489 e. The molecule has 1 aliphatic carbocycles. The van der Waals surface area contributed by atoms with Gasteiger partial charge in [0, 0.05) is 37.1 Å². The lowest BCUT2D eigenvalue weighted by Gasteiger charge is -2.30. The third-order valence-electron chi connectivity index (χ3n) is 7.72. The van der Waals surface area contributed by atoms with Crippen LogP contribution in [0.3, 0.4) is 0 Å². The minimum atomic E-state index is -0.340. The van der Waals surface area contributed by atoms with Crippen LogP contribution in [0, 0.1) is 5.82 Å². The Morgan fingerprint density at radius 1 is 1.08 bits per heavy atom. The Bertz CT molecular complexity index is 983. The van der Waals surface area contributed by atoms with Crippen molar-refractivity contribution in [2.45, 2.75) is 77.3 Å². The number of ether oxygens (including phenoxy) is 1. The Kier molecular flexibility index (Phi) is 10.9. The minimum absolute atomic E-state index is 0.0333. The van der Waals surface area contributed by atoms with Crippen LogP contribution < -0.4 is 26.0 Å². The van der Waals surface area contributed by atoms with Gasteiger partial charge in [0.1, 0.15) is 12.6 Å². The fraction of sp³-hybridized carbons (Fsp3) is 0.633. The zero-order chi connectivity index (χ0) is 26.7. The Morgan fingerprint density at radius 3 is 2.63 bits per heavy atom. The van der Waals surface area contributed by atoms with Crippen LogP contribution in [0.25, 0.3) is 0 Å². The number of hydrogen-bond donors (Lipinski definition) is 4. The van der Waals surface area contributed by atoms with Crippen molar-refractivity contribution in [2.24, 2.45) is 0 Å².